The fraction of sp³-hybridized carbons (Fsp3) is 0.474. The summed E-state index contributed by atoms with van der Waals surface area (Å²) in [6.45, 7) is 3.10. The van der Waals surface area contributed by atoms with Gasteiger partial charge in [-0.05, 0) is 50.8 Å². The third-order valence-corrected chi connectivity index (χ3v) is 5.44. The number of carbonyl (C=O) groups is 1. The maximum atomic E-state index is 12.7. The second-order valence-corrected chi connectivity index (χ2v) is 7.13. The lowest BCUT2D eigenvalue weighted by Crippen LogP contribution is -2.42. The number of hydrogen-bond acceptors (Lipinski definition) is 3. The first-order valence-electron chi connectivity index (χ1n) is 8.86. The Morgan fingerprint density at radius 1 is 1.21 bits per heavy atom. The van der Waals surface area contributed by atoms with Crippen molar-refractivity contribution < 1.29 is 4.79 Å². The van der Waals surface area contributed by atoms with Gasteiger partial charge < -0.3 is 10.2 Å². The molecule has 5 heteroatoms. The molecule has 2 unspecified atom stereocenters. The number of aromatic amines is 1. The summed E-state index contributed by atoms with van der Waals surface area (Å²) >= 11 is 0. The fourth-order valence-corrected chi connectivity index (χ4v) is 4.02. The van der Waals surface area contributed by atoms with E-state index < -0.39 is 0 Å². The highest BCUT2D eigenvalue weighted by Crippen LogP contribution is 2.40. The van der Waals surface area contributed by atoms with Crippen LogP contribution in [0.2, 0.25) is 0 Å². The first kappa shape index (κ1) is 15.4. The molecule has 1 amide bonds. The number of fused-ring (bicyclic) bond motifs is 2. The summed E-state index contributed by atoms with van der Waals surface area (Å²) < 4.78 is 0. The van der Waals surface area contributed by atoms with Crippen LogP contribution in [-0.2, 0) is 17.6 Å². The van der Waals surface area contributed by atoms with Crippen LogP contribution in [0.1, 0.15) is 30.5 Å². The summed E-state index contributed by atoms with van der Waals surface area (Å²) in [4.78, 5) is 15.1. The zero-order valence-corrected chi connectivity index (χ0v) is 13.9. The number of nitrogens with zero attached hydrogens (tertiary/aromatic N) is 2. The maximum absolute atomic E-state index is 12.7. The molecule has 24 heavy (non-hydrogen) atoms. The summed E-state index contributed by atoms with van der Waals surface area (Å²) in [6, 6.07) is 12.4. The molecule has 126 valence electrons. The number of aryl methyl sites for hydroxylation is 2. The Labute approximate surface area is 142 Å². The van der Waals surface area contributed by atoms with Crippen molar-refractivity contribution in [2.24, 2.45) is 5.41 Å². The van der Waals surface area contributed by atoms with Crippen molar-refractivity contribution in [3.05, 3.63) is 47.7 Å². The second kappa shape index (κ2) is 6.40. The molecule has 1 aromatic heterocycles. The second-order valence-electron chi connectivity index (χ2n) is 7.13. The Balaban J connectivity index is 1.36. The number of hydrogen-bond donors (Lipinski definition) is 2. The summed E-state index contributed by atoms with van der Waals surface area (Å²) in [5.41, 5.74) is 2.18. The summed E-state index contributed by atoms with van der Waals surface area (Å²) in [5, 5.41) is 10.4. The van der Waals surface area contributed by atoms with Crippen LogP contribution in [0.3, 0.4) is 0 Å². The van der Waals surface area contributed by atoms with Gasteiger partial charge in [0, 0.05) is 18.3 Å². The zero-order valence-electron chi connectivity index (χ0n) is 13.9. The third kappa shape index (κ3) is 3.08. The van der Waals surface area contributed by atoms with Crippen LogP contribution in [-0.4, -0.2) is 40.6 Å². The van der Waals surface area contributed by atoms with Gasteiger partial charge in [-0.1, -0.05) is 30.3 Å². The summed E-state index contributed by atoms with van der Waals surface area (Å²) in [6.07, 6.45) is 4.96. The highest BCUT2D eigenvalue weighted by molar-refractivity contribution is 5.95. The van der Waals surface area contributed by atoms with E-state index in [-0.39, 0.29) is 11.3 Å². The molecule has 0 spiro atoms. The molecule has 2 aliphatic heterocycles. The van der Waals surface area contributed by atoms with Crippen LogP contribution in [0.4, 0.5) is 5.82 Å². The van der Waals surface area contributed by atoms with Gasteiger partial charge in [0.05, 0.1) is 5.41 Å². The number of amides is 1. The lowest BCUT2D eigenvalue weighted by atomic mass is 9.80. The van der Waals surface area contributed by atoms with Gasteiger partial charge in [0.15, 0.2) is 5.82 Å². The van der Waals surface area contributed by atoms with E-state index in [1.165, 1.54) is 5.56 Å². The van der Waals surface area contributed by atoms with E-state index in [0.717, 1.165) is 57.4 Å². The number of nitrogens with one attached hydrogen (secondary N) is 2. The van der Waals surface area contributed by atoms with Gasteiger partial charge in [-0.25, -0.2) is 0 Å². The standard InChI is InChI=1S/C19H24N4O/c24-18(19-9-4-11-23(14-19)12-10-19)20-17-13-16(21-22-17)8-7-15-5-2-1-3-6-15/h1-3,5-6,13H,4,7-12,14H2,(H2,20,21,22,24). The molecule has 2 aromatic rings. The average molecular weight is 324 g/mol. The fourth-order valence-electron chi connectivity index (χ4n) is 4.02. The molecule has 0 saturated carbocycles. The minimum absolute atomic E-state index is 0.144. The number of H-pyrrole nitrogens is 1. The van der Waals surface area contributed by atoms with Crippen molar-refractivity contribution in [1.29, 1.82) is 0 Å². The van der Waals surface area contributed by atoms with E-state index >= 15 is 0 Å². The van der Waals surface area contributed by atoms with Crippen molar-refractivity contribution in [3.63, 3.8) is 0 Å². The van der Waals surface area contributed by atoms with Gasteiger partial charge in [-0.2, -0.15) is 5.10 Å². The molecule has 1 aromatic carbocycles. The number of rotatable bonds is 5. The molecule has 0 radical (unpaired) electrons. The molecule has 2 bridgehead atoms. The summed E-state index contributed by atoms with van der Waals surface area (Å²) in [5.74, 6) is 0.798. The molecule has 2 aliphatic rings. The lowest BCUT2D eigenvalue weighted by molar-refractivity contribution is -0.126. The Bertz CT molecular complexity index is 707. The van der Waals surface area contributed by atoms with E-state index in [1.54, 1.807) is 0 Å². The number of carbonyl (C=O) groups excluding carboxylic acids is 1. The van der Waals surface area contributed by atoms with Gasteiger partial charge in [0.1, 0.15) is 0 Å². The monoisotopic (exact) mass is 324 g/mol. The molecule has 4 rings (SSSR count). The van der Waals surface area contributed by atoms with Crippen LogP contribution in [0.5, 0.6) is 0 Å². The predicted molar refractivity (Wildman–Crippen MR) is 93.8 cm³/mol. The molecular formula is C19H24N4O. The van der Waals surface area contributed by atoms with Crippen LogP contribution >= 0.6 is 0 Å². The largest absolute Gasteiger partial charge is 0.309 e. The molecular weight excluding hydrogens is 300 g/mol. The lowest BCUT2D eigenvalue weighted by Gasteiger charge is -2.32. The Kier molecular flexibility index (Phi) is 4.10. The van der Waals surface area contributed by atoms with Crippen molar-refractivity contribution in [2.45, 2.75) is 32.1 Å². The van der Waals surface area contributed by atoms with Gasteiger partial charge >= 0.3 is 0 Å². The smallest absolute Gasteiger partial charge is 0.233 e. The van der Waals surface area contributed by atoms with Crippen LogP contribution in [0, 0.1) is 5.41 Å². The molecule has 2 fully saturated rings. The Morgan fingerprint density at radius 2 is 2.08 bits per heavy atom. The van der Waals surface area contributed by atoms with Gasteiger partial charge in [0.2, 0.25) is 5.91 Å². The van der Waals surface area contributed by atoms with E-state index in [2.05, 4.69) is 44.7 Å². The van der Waals surface area contributed by atoms with Crippen molar-refractivity contribution in [3.8, 4) is 0 Å². The molecule has 2 N–H and O–H groups in total. The van der Waals surface area contributed by atoms with Gasteiger partial charge in [-0.15, -0.1) is 0 Å². The van der Waals surface area contributed by atoms with Crippen LogP contribution < -0.4 is 5.32 Å². The third-order valence-electron chi connectivity index (χ3n) is 5.44. The van der Waals surface area contributed by atoms with Crippen molar-refractivity contribution in [1.82, 2.24) is 15.1 Å². The van der Waals surface area contributed by atoms with E-state index in [4.69, 9.17) is 0 Å². The highest BCUT2D eigenvalue weighted by atomic mass is 16.2. The molecule has 3 heterocycles. The molecule has 2 atom stereocenters. The molecule has 5 nitrogen and oxygen atoms in total. The minimum Gasteiger partial charge on any atom is -0.309 e. The van der Waals surface area contributed by atoms with Crippen molar-refractivity contribution >= 4 is 11.7 Å². The molecule has 2 saturated heterocycles. The van der Waals surface area contributed by atoms with Crippen LogP contribution in [0.15, 0.2) is 36.4 Å². The minimum atomic E-state index is -0.193. The zero-order chi connectivity index (χ0) is 16.4. The number of anilines is 1. The number of aromatic nitrogens is 2. The van der Waals surface area contributed by atoms with Crippen molar-refractivity contribution in [2.75, 3.05) is 25.0 Å². The normalized spacial score (nSPS) is 25.6. The van der Waals surface area contributed by atoms with E-state index in [9.17, 15) is 4.79 Å². The SMILES string of the molecule is O=C(Nc1cc(CCc2ccccc2)[nH]n1)C12CCCN(CC1)C2. The van der Waals surface area contributed by atoms with Gasteiger partial charge in [0.25, 0.3) is 0 Å². The number of piperidine rings is 1. The predicted octanol–water partition coefficient (Wildman–Crippen LogP) is 2.62. The highest BCUT2D eigenvalue weighted by Gasteiger charge is 2.46. The molecule has 0 aliphatic carbocycles. The Hall–Kier alpha value is -2.14. The van der Waals surface area contributed by atoms with E-state index in [1.807, 2.05) is 12.1 Å². The Morgan fingerprint density at radius 3 is 2.96 bits per heavy atom. The van der Waals surface area contributed by atoms with Crippen LogP contribution in [0.25, 0.3) is 0 Å². The maximum Gasteiger partial charge on any atom is 0.233 e. The van der Waals surface area contributed by atoms with Gasteiger partial charge in [-0.3, -0.25) is 9.89 Å². The average Bonchev–Trinajstić information content (AvgIpc) is 3.18. The first-order valence-corrected chi connectivity index (χ1v) is 8.86. The summed E-state index contributed by atoms with van der Waals surface area (Å²) in [7, 11) is 0. The topological polar surface area (TPSA) is 61.0 Å². The number of benzene rings is 1. The quantitative estimate of drug-likeness (QED) is 0.889. The van der Waals surface area contributed by atoms with E-state index in [0.29, 0.717) is 5.82 Å². The first-order chi connectivity index (χ1) is 11.7.